The molecule has 2 nitrogen and oxygen atoms in total. The molecule has 0 N–H and O–H groups in total. The van der Waals surface area contributed by atoms with E-state index in [0.29, 0.717) is 0 Å². The smallest absolute Gasteiger partial charge is 0.0596 e. The minimum atomic E-state index is 0.833. The number of allylic oxidation sites excluding steroid dienone is 2. The summed E-state index contributed by atoms with van der Waals surface area (Å²) < 4.78 is 0. The summed E-state index contributed by atoms with van der Waals surface area (Å²) >= 11 is 0. The van der Waals surface area contributed by atoms with Crippen LogP contribution in [0.2, 0.25) is 0 Å². The molecule has 0 amide bonds. The summed E-state index contributed by atoms with van der Waals surface area (Å²) in [6, 6.07) is 0. The second kappa shape index (κ2) is 10.1. The van der Waals surface area contributed by atoms with E-state index in [1.165, 1.54) is 0 Å². The van der Waals surface area contributed by atoms with Crippen LogP contribution in [0, 0.1) is 5.92 Å². The van der Waals surface area contributed by atoms with Gasteiger partial charge in [-0.2, -0.15) is 10.2 Å². The zero-order chi connectivity index (χ0) is 9.98. The Labute approximate surface area is 76.1 Å². The Hall–Kier alpha value is -0.920. The summed E-state index contributed by atoms with van der Waals surface area (Å²) in [6.45, 7) is 13.5. The molecule has 0 fully saturated rings. The van der Waals surface area contributed by atoms with Gasteiger partial charge in [0.25, 0.3) is 0 Å². The molecule has 0 atom stereocenters. The van der Waals surface area contributed by atoms with Gasteiger partial charge in [-0.1, -0.05) is 26.8 Å². The highest BCUT2D eigenvalue weighted by Crippen LogP contribution is 1.81. The molecule has 0 saturated heterocycles. The predicted octanol–water partition coefficient (Wildman–Crippen LogP) is 3.30. The third-order valence-corrected chi connectivity index (χ3v) is 0.636. The van der Waals surface area contributed by atoms with Gasteiger partial charge < -0.3 is 0 Å². The minimum absolute atomic E-state index is 0.833. The van der Waals surface area contributed by atoms with Crippen LogP contribution in [0.4, 0.5) is 0 Å². The average molecular weight is 168 g/mol. The SMILES string of the molecule is C=N/N=C(C)\C=C/C.CC(C)C. The standard InChI is InChI=1S/C6H10N2.C4H10/c1-4-5-6(2)8-7-3;1-4(2)3/h4-5H,3H2,1-2H3;4H,1-3H3/b5-4-,8-6-;. The lowest BCUT2D eigenvalue weighted by molar-refractivity contribution is 0.737. The molecule has 0 aromatic carbocycles. The lowest BCUT2D eigenvalue weighted by atomic mass is 10.3. The normalized spacial score (nSPS) is 11.3. The van der Waals surface area contributed by atoms with E-state index in [2.05, 4.69) is 37.7 Å². The van der Waals surface area contributed by atoms with Crippen molar-refractivity contribution in [2.75, 3.05) is 0 Å². The summed E-state index contributed by atoms with van der Waals surface area (Å²) in [4.78, 5) is 0. The fraction of sp³-hybridized carbons (Fsp3) is 0.600. The van der Waals surface area contributed by atoms with Gasteiger partial charge in [-0.3, -0.25) is 0 Å². The molecule has 0 saturated carbocycles. The van der Waals surface area contributed by atoms with Crippen LogP contribution in [-0.4, -0.2) is 12.4 Å². The Bertz CT molecular complexity index is 152. The molecule has 0 rings (SSSR count). The molecule has 12 heavy (non-hydrogen) atoms. The van der Waals surface area contributed by atoms with Crippen molar-refractivity contribution in [1.29, 1.82) is 0 Å². The highest BCUT2D eigenvalue weighted by molar-refractivity contribution is 5.92. The van der Waals surface area contributed by atoms with Gasteiger partial charge in [0.05, 0.1) is 5.71 Å². The molecule has 0 bridgehead atoms. The summed E-state index contributed by atoms with van der Waals surface area (Å²) in [6.07, 6.45) is 3.78. The first-order valence-electron chi connectivity index (χ1n) is 4.17. The first-order valence-corrected chi connectivity index (χ1v) is 4.17. The monoisotopic (exact) mass is 168 g/mol. The molecular weight excluding hydrogens is 148 g/mol. The molecule has 0 heterocycles. The zero-order valence-electron chi connectivity index (χ0n) is 8.83. The highest BCUT2D eigenvalue weighted by atomic mass is 15.2. The predicted molar refractivity (Wildman–Crippen MR) is 58.0 cm³/mol. The third kappa shape index (κ3) is 23.0. The van der Waals surface area contributed by atoms with Gasteiger partial charge >= 0.3 is 0 Å². The lowest BCUT2D eigenvalue weighted by Crippen LogP contribution is -1.79. The maximum Gasteiger partial charge on any atom is 0.0596 e. The van der Waals surface area contributed by atoms with Crippen LogP contribution in [0.25, 0.3) is 0 Å². The van der Waals surface area contributed by atoms with Gasteiger partial charge in [-0.25, -0.2) is 0 Å². The average Bonchev–Trinajstić information content (AvgIpc) is 1.87. The second-order valence-corrected chi connectivity index (χ2v) is 3.11. The maximum atomic E-state index is 3.66. The minimum Gasteiger partial charge on any atom is -0.167 e. The Morgan fingerprint density at radius 2 is 1.75 bits per heavy atom. The Balaban J connectivity index is 0. The molecule has 0 aliphatic rings. The first-order chi connectivity index (χ1) is 5.54. The van der Waals surface area contributed by atoms with Crippen molar-refractivity contribution in [1.82, 2.24) is 0 Å². The van der Waals surface area contributed by atoms with Crippen molar-refractivity contribution in [3.8, 4) is 0 Å². The number of hydrogen-bond acceptors (Lipinski definition) is 2. The van der Waals surface area contributed by atoms with Gasteiger partial charge in [-0.05, 0) is 25.8 Å². The topological polar surface area (TPSA) is 24.7 Å². The van der Waals surface area contributed by atoms with E-state index in [1.54, 1.807) is 0 Å². The lowest BCUT2D eigenvalue weighted by Gasteiger charge is -1.80. The van der Waals surface area contributed by atoms with E-state index in [4.69, 9.17) is 0 Å². The molecule has 0 radical (unpaired) electrons. The quantitative estimate of drug-likeness (QED) is 0.446. The number of rotatable bonds is 2. The summed E-state index contributed by atoms with van der Waals surface area (Å²) in [7, 11) is 0. The van der Waals surface area contributed by atoms with Gasteiger partial charge in [0.1, 0.15) is 0 Å². The zero-order valence-corrected chi connectivity index (χ0v) is 8.83. The van der Waals surface area contributed by atoms with Crippen LogP contribution in [0.5, 0.6) is 0 Å². The highest BCUT2D eigenvalue weighted by Gasteiger charge is 1.74. The van der Waals surface area contributed by atoms with E-state index < -0.39 is 0 Å². The van der Waals surface area contributed by atoms with E-state index in [0.717, 1.165) is 11.6 Å². The third-order valence-electron chi connectivity index (χ3n) is 0.636. The molecule has 0 spiro atoms. The summed E-state index contributed by atoms with van der Waals surface area (Å²) in [5.41, 5.74) is 0.877. The summed E-state index contributed by atoms with van der Waals surface area (Å²) in [5, 5.41) is 7.00. The Morgan fingerprint density at radius 3 is 2.00 bits per heavy atom. The first kappa shape index (κ1) is 13.7. The van der Waals surface area contributed by atoms with Gasteiger partial charge in [0, 0.05) is 6.72 Å². The number of hydrogen-bond donors (Lipinski definition) is 0. The maximum absolute atomic E-state index is 3.66. The van der Waals surface area contributed by atoms with E-state index in [1.807, 2.05) is 26.0 Å². The largest absolute Gasteiger partial charge is 0.167 e. The number of nitrogens with zero attached hydrogens (tertiary/aromatic N) is 2. The van der Waals surface area contributed by atoms with Crippen molar-refractivity contribution in [3.05, 3.63) is 12.2 Å². The van der Waals surface area contributed by atoms with Crippen LogP contribution < -0.4 is 0 Å². The van der Waals surface area contributed by atoms with Gasteiger partial charge in [-0.15, -0.1) is 0 Å². The molecule has 0 unspecified atom stereocenters. The molecular formula is C10H20N2. The van der Waals surface area contributed by atoms with Crippen molar-refractivity contribution < 1.29 is 0 Å². The van der Waals surface area contributed by atoms with E-state index >= 15 is 0 Å². The molecule has 0 aliphatic heterocycles. The Kier molecular flexibility index (Phi) is 11.5. The van der Waals surface area contributed by atoms with Gasteiger partial charge in [0.2, 0.25) is 0 Å². The molecule has 2 heteroatoms. The fourth-order valence-corrected chi connectivity index (χ4v) is 0.386. The van der Waals surface area contributed by atoms with E-state index in [9.17, 15) is 0 Å². The molecule has 0 aliphatic carbocycles. The van der Waals surface area contributed by atoms with Crippen LogP contribution in [-0.2, 0) is 0 Å². The molecule has 70 valence electrons. The van der Waals surface area contributed by atoms with Crippen LogP contribution in [0.15, 0.2) is 22.4 Å². The van der Waals surface area contributed by atoms with Crippen molar-refractivity contribution >= 4 is 12.4 Å². The fourth-order valence-electron chi connectivity index (χ4n) is 0.386. The van der Waals surface area contributed by atoms with Crippen molar-refractivity contribution in [3.63, 3.8) is 0 Å². The van der Waals surface area contributed by atoms with Crippen LogP contribution >= 0.6 is 0 Å². The van der Waals surface area contributed by atoms with Crippen LogP contribution in [0.3, 0.4) is 0 Å². The van der Waals surface area contributed by atoms with E-state index in [-0.39, 0.29) is 0 Å². The summed E-state index contributed by atoms with van der Waals surface area (Å²) in [5.74, 6) is 0.833. The molecule has 0 aromatic rings. The molecule has 0 aromatic heterocycles. The Morgan fingerprint density at radius 1 is 1.33 bits per heavy atom. The van der Waals surface area contributed by atoms with Crippen molar-refractivity contribution in [2.45, 2.75) is 34.6 Å². The van der Waals surface area contributed by atoms with Gasteiger partial charge in [0.15, 0.2) is 0 Å². The second-order valence-electron chi connectivity index (χ2n) is 3.11. The van der Waals surface area contributed by atoms with Crippen LogP contribution in [0.1, 0.15) is 34.6 Å². The van der Waals surface area contributed by atoms with Crippen molar-refractivity contribution in [2.24, 2.45) is 16.1 Å².